The number of pyridine rings is 1. The number of benzene rings is 2. The van der Waals surface area contributed by atoms with Gasteiger partial charge in [0, 0.05) is 17.5 Å². The number of hydrogen-bond acceptors (Lipinski definition) is 4. The molecule has 4 rings (SSSR count). The number of nitrogens with zero attached hydrogens (tertiary/aromatic N) is 3. The molecule has 2 aromatic carbocycles. The topological polar surface area (TPSA) is 67.8 Å². The molecule has 0 radical (unpaired) electrons. The molecule has 1 N–H and O–H groups in total. The van der Waals surface area contributed by atoms with Crippen molar-refractivity contribution in [2.45, 2.75) is 19.8 Å². The van der Waals surface area contributed by atoms with Crippen molar-refractivity contribution in [3.05, 3.63) is 107 Å². The van der Waals surface area contributed by atoms with E-state index in [9.17, 15) is 13.6 Å². The van der Waals surface area contributed by atoms with Gasteiger partial charge in [-0.25, -0.2) is 13.8 Å². The van der Waals surface area contributed by atoms with Crippen LogP contribution in [0.1, 0.15) is 27.2 Å². The van der Waals surface area contributed by atoms with Crippen molar-refractivity contribution in [1.29, 1.82) is 0 Å². The van der Waals surface area contributed by atoms with E-state index in [4.69, 9.17) is 0 Å². The lowest BCUT2D eigenvalue weighted by Gasteiger charge is -2.10. The van der Waals surface area contributed by atoms with Crippen molar-refractivity contribution in [3.63, 3.8) is 0 Å². The monoisotopic (exact) mass is 430 g/mol. The summed E-state index contributed by atoms with van der Waals surface area (Å²) in [4.78, 5) is 25.2. The Hall–Kier alpha value is -4.00. The predicted octanol–water partition coefficient (Wildman–Crippen LogP) is 5.16. The molecule has 0 saturated heterocycles. The molecule has 7 heteroatoms. The summed E-state index contributed by atoms with van der Waals surface area (Å²) in [7, 11) is 0. The van der Waals surface area contributed by atoms with Crippen molar-refractivity contribution >= 4 is 11.7 Å². The van der Waals surface area contributed by atoms with Gasteiger partial charge in [0.15, 0.2) is 17.5 Å². The van der Waals surface area contributed by atoms with Gasteiger partial charge in [0.05, 0.1) is 23.7 Å². The summed E-state index contributed by atoms with van der Waals surface area (Å²) in [5.74, 6) is -2.94. The standard InChI is InChI=1S/C25H20F2N4O/c1-16-8-9-17(10-11-18-5-2-3-12-28-18)13-20(16)22-14-30-23(15-29-22)31-25(32)19-6-4-7-21(26)24(19)27/h2-9,12-15H,10-11H2,1H3,(H,30,31,32). The molecule has 2 heterocycles. The highest BCUT2D eigenvalue weighted by Gasteiger charge is 2.16. The van der Waals surface area contributed by atoms with E-state index in [1.165, 1.54) is 18.3 Å². The fraction of sp³-hybridized carbons (Fsp3) is 0.120. The lowest BCUT2D eigenvalue weighted by molar-refractivity contribution is 0.102. The number of aromatic nitrogens is 3. The van der Waals surface area contributed by atoms with Crippen LogP contribution in [0.3, 0.4) is 0 Å². The van der Waals surface area contributed by atoms with Gasteiger partial charge in [-0.1, -0.05) is 24.3 Å². The Kier molecular flexibility index (Phi) is 6.26. The molecule has 0 aliphatic heterocycles. The van der Waals surface area contributed by atoms with Crippen LogP contribution in [0.15, 0.2) is 73.2 Å². The normalized spacial score (nSPS) is 10.7. The highest BCUT2D eigenvalue weighted by atomic mass is 19.2. The average molecular weight is 430 g/mol. The van der Waals surface area contributed by atoms with E-state index in [0.29, 0.717) is 5.69 Å². The molecule has 5 nitrogen and oxygen atoms in total. The van der Waals surface area contributed by atoms with Gasteiger partial charge in [0.2, 0.25) is 0 Å². The molecular weight excluding hydrogens is 410 g/mol. The molecule has 0 unspecified atom stereocenters. The molecule has 0 aliphatic carbocycles. The highest BCUT2D eigenvalue weighted by molar-refractivity contribution is 6.03. The maximum absolute atomic E-state index is 13.8. The molecule has 0 aliphatic rings. The first-order chi connectivity index (χ1) is 15.5. The van der Waals surface area contributed by atoms with Gasteiger partial charge in [0.1, 0.15) is 0 Å². The highest BCUT2D eigenvalue weighted by Crippen LogP contribution is 2.24. The second kappa shape index (κ2) is 9.43. The predicted molar refractivity (Wildman–Crippen MR) is 118 cm³/mol. The molecule has 1 amide bonds. The summed E-state index contributed by atoms with van der Waals surface area (Å²) in [6, 6.07) is 15.5. The summed E-state index contributed by atoms with van der Waals surface area (Å²) in [6.07, 6.45) is 6.39. The van der Waals surface area contributed by atoms with Gasteiger partial charge in [0.25, 0.3) is 5.91 Å². The van der Waals surface area contributed by atoms with Crippen LogP contribution >= 0.6 is 0 Å². The summed E-state index contributed by atoms with van der Waals surface area (Å²) in [5.41, 5.74) is 4.41. The largest absolute Gasteiger partial charge is 0.305 e. The van der Waals surface area contributed by atoms with Crippen LogP contribution < -0.4 is 5.32 Å². The molecular formula is C25H20F2N4O. The van der Waals surface area contributed by atoms with Gasteiger partial charge >= 0.3 is 0 Å². The number of anilines is 1. The Bertz CT molecular complexity index is 1240. The third kappa shape index (κ3) is 4.83. The molecule has 4 aromatic rings. The first kappa shape index (κ1) is 21.2. The Labute approximate surface area is 184 Å². The van der Waals surface area contributed by atoms with E-state index >= 15 is 0 Å². The third-order valence-corrected chi connectivity index (χ3v) is 5.06. The molecule has 160 valence electrons. The van der Waals surface area contributed by atoms with Gasteiger partial charge in [-0.05, 0) is 61.2 Å². The van der Waals surface area contributed by atoms with E-state index in [0.717, 1.165) is 41.3 Å². The van der Waals surface area contributed by atoms with Crippen molar-refractivity contribution in [2.24, 2.45) is 0 Å². The van der Waals surface area contributed by atoms with Crippen LogP contribution in [-0.4, -0.2) is 20.9 Å². The molecule has 32 heavy (non-hydrogen) atoms. The number of rotatable bonds is 6. The fourth-order valence-corrected chi connectivity index (χ4v) is 3.31. The van der Waals surface area contributed by atoms with Crippen molar-refractivity contribution in [1.82, 2.24) is 15.0 Å². The summed E-state index contributed by atoms with van der Waals surface area (Å²) in [5, 5.41) is 2.44. The average Bonchev–Trinajstić information content (AvgIpc) is 2.81. The Morgan fingerprint density at radius 1 is 0.938 bits per heavy atom. The quantitative estimate of drug-likeness (QED) is 0.459. The van der Waals surface area contributed by atoms with Crippen LogP contribution in [-0.2, 0) is 12.8 Å². The molecule has 0 fully saturated rings. The Morgan fingerprint density at radius 2 is 1.81 bits per heavy atom. The minimum Gasteiger partial charge on any atom is -0.305 e. The van der Waals surface area contributed by atoms with Crippen molar-refractivity contribution < 1.29 is 13.6 Å². The first-order valence-corrected chi connectivity index (χ1v) is 10.1. The molecule has 0 atom stereocenters. The lowest BCUT2D eigenvalue weighted by Crippen LogP contribution is -2.15. The summed E-state index contributed by atoms with van der Waals surface area (Å²) >= 11 is 0. The zero-order valence-corrected chi connectivity index (χ0v) is 17.3. The summed E-state index contributed by atoms with van der Waals surface area (Å²) in [6.45, 7) is 1.99. The molecule has 0 saturated carbocycles. The summed E-state index contributed by atoms with van der Waals surface area (Å²) < 4.78 is 27.2. The van der Waals surface area contributed by atoms with Crippen LogP contribution in [0.25, 0.3) is 11.3 Å². The van der Waals surface area contributed by atoms with E-state index in [1.807, 2.05) is 31.2 Å². The van der Waals surface area contributed by atoms with Crippen LogP contribution in [0.2, 0.25) is 0 Å². The molecule has 2 aromatic heterocycles. The van der Waals surface area contributed by atoms with Gasteiger partial charge in [-0.2, -0.15) is 0 Å². The van der Waals surface area contributed by atoms with Crippen LogP contribution in [0.5, 0.6) is 0 Å². The number of carbonyl (C=O) groups is 1. The fourth-order valence-electron chi connectivity index (χ4n) is 3.31. The minimum absolute atomic E-state index is 0.145. The van der Waals surface area contributed by atoms with Crippen molar-refractivity contribution in [2.75, 3.05) is 5.32 Å². The number of halogens is 2. The van der Waals surface area contributed by atoms with E-state index in [2.05, 4.69) is 32.4 Å². The minimum atomic E-state index is -1.20. The lowest BCUT2D eigenvalue weighted by atomic mass is 9.99. The smallest absolute Gasteiger partial charge is 0.259 e. The SMILES string of the molecule is Cc1ccc(CCc2ccccn2)cc1-c1cnc(NC(=O)c2cccc(F)c2F)cn1. The zero-order valence-electron chi connectivity index (χ0n) is 17.3. The second-order valence-electron chi connectivity index (χ2n) is 7.31. The first-order valence-electron chi connectivity index (χ1n) is 10.1. The second-order valence-corrected chi connectivity index (χ2v) is 7.31. The number of hydrogen-bond donors (Lipinski definition) is 1. The van der Waals surface area contributed by atoms with E-state index in [-0.39, 0.29) is 5.82 Å². The Balaban J connectivity index is 1.48. The molecule has 0 spiro atoms. The number of aryl methyl sites for hydroxylation is 3. The van der Waals surface area contributed by atoms with Gasteiger partial charge in [-0.15, -0.1) is 0 Å². The van der Waals surface area contributed by atoms with Crippen LogP contribution in [0, 0.1) is 18.6 Å². The Morgan fingerprint density at radius 3 is 2.56 bits per heavy atom. The van der Waals surface area contributed by atoms with Gasteiger partial charge in [-0.3, -0.25) is 14.8 Å². The van der Waals surface area contributed by atoms with Crippen LogP contribution in [0.4, 0.5) is 14.6 Å². The van der Waals surface area contributed by atoms with E-state index < -0.39 is 23.1 Å². The van der Waals surface area contributed by atoms with E-state index in [1.54, 1.807) is 12.4 Å². The van der Waals surface area contributed by atoms with Gasteiger partial charge < -0.3 is 5.32 Å². The maximum atomic E-state index is 13.8. The van der Waals surface area contributed by atoms with Crippen molar-refractivity contribution in [3.8, 4) is 11.3 Å². The zero-order chi connectivity index (χ0) is 22.5. The molecule has 0 bridgehead atoms. The number of carbonyl (C=O) groups excluding carboxylic acids is 1. The number of nitrogens with one attached hydrogen (secondary N) is 1. The third-order valence-electron chi connectivity index (χ3n) is 5.06. The number of amides is 1. The maximum Gasteiger partial charge on any atom is 0.259 e.